The molecule has 0 saturated heterocycles. The summed E-state index contributed by atoms with van der Waals surface area (Å²) in [4.78, 5) is 15.4. The van der Waals surface area contributed by atoms with Crippen LogP contribution in [0.5, 0.6) is 0 Å². The maximum atomic E-state index is 5.21. The van der Waals surface area contributed by atoms with E-state index >= 15 is 0 Å². The van der Waals surface area contributed by atoms with Crippen LogP contribution in [0.25, 0.3) is 67.5 Å². The van der Waals surface area contributed by atoms with E-state index < -0.39 is 5.41 Å². The highest BCUT2D eigenvalue weighted by molar-refractivity contribution is 5.91. The molecule has 1 aromatic heterocycles. The minimum absolute atomic E-state index is 0.450. The Morgan fingerprint density at radius 3 is 1.40 bits per heavy atom. The molecule has 0 radical (unpaired) electrons. The van der Waals surface area contributed by atoms with E-state index in [0.717, 1.165) is 38.9 Å². The Morgan fingerprint density at radius 1 is 0.255 bits per heavy atom. The maximum absolute atomic E-state index is 5.21. The molecular formula is C52H35N3. The van der Waals surface area contributed by atoms with Crippen molar-refractivity contribution in [2.24, 2.45) is 0 Å². The van der Waals surface area contributed by atoms with Crippen molar-refractivity contribution in [1.29, 1.82) is 0 Å². The van der Waals surface area contributed by atoms with Gasteiger partial charge in [-0.2, -0.15) is 0 Å². The van der Waals surface area contributed by atoms with Gasteiger partial charge in [-0.1, -0.05) is 200 Å². The number of nitrogens with zero attached hydrogens (tertiary/aromatic N) is 3. The van der Waals surface area contributed by atoms with E-state index in [1.165, 1.54) is 33.4 Å². The molecule has 0 unspecified atom stereocenters. The van der Waals surface area contributed by atoms with Gasteiger partial charge >= 0.3 is 0 Å². The van der Waals surface area contributed by atoms with Gasteiger partial charge in [0.15, 0.2) is 17.5 Å². The van der Waals surface area contributed by atoms with Crippen LogP contribution in [-0.2, 0) is 5.41 Å². The lowest BCUT2D eigenvalue weighted by Gasteiger charge is -2.33. The van der Waals surface area contributed by atoms with E-state index in [1.54, 1.807) is 0 Å². The zero-order chi connectivity index (χ0) is 36.6. The van der Waals surface area contributed by atoms with Gasteiger partial charge in [-0.3, -0.25) is 0 Å². The largest absolute Gasteiger partial charge is 0.208 e. The standard InChI is InChI=1S/C52H35N3/c1-5-18-36(19-6-1)38-22-17-23-40(34-38)50-53-49(37-20-7-2-8-21-37)54-51(55-50)45-30-14-13-28-43(45)39-32-33-48-46(35-39)44-29-15-16-31-47(44)52(48,41-24-9-3-10-25-41)42-26-11-4-12-27-42/h1-35H. The third kappa shape index (κ3) is 5.57. The average Bonchev–Trinajstić information content (AvgIpc) is 3.58. The first-order valence-corrected chi connectivity index (χ1v) is 18.7. The molecule has 10 rings (SSSR count). The molecule has 1 heterocycles. The fourth-order valence-electron chi connectivity index (χ4n) is 8.36. The number of hydrogen-bond acceptors (Lipinski definition) is 3. The molecule has 8 aromatic carbocycles. The molecule has 0 spiro atoms. The van der Waals surface area contributed by atoms with Crippen molar-refractivity contribution >= 4 is 0 Å². The summed E-state index contributed by atoms with van der Waals surface area (Å²) in [7, 11) is 0. The lowest BCUT2D eigenvalue weighted by atomic mass is 9.67. The van der Waals surface area contributed by atoms with Crippen LogP contribution in [0.3, 0.4) is 0 Å². The van der Waals surface area contributed by atoms with Crippen molar-refractivity contribution in [2.75, 3.05) is 0 Å². The molecule has 3 heteroatoms. The van der Waals surface area contributed by atoms with E-state index in [4.69, 9.17) is 15.0 Å². The molecule has 0 amide bonds. The first-order chi connectivity index (χ1) is 27.3. The molecule has 0 saturated carbocycles. The molecule has 55 heavy (non-hydrogen) atoms. The molecule has 1 aliphatic carbocycles. The third-order valence-corrected chi connectivity index (χ3v) is 10.8. The lowest BCUT2D eigenvalue weighted by Crippen LogP contribution is -2.28. The fraction of sp³-hybridized carbons (Fsp3) is 0.0192. The van der Waals surface area contributed by atoms with E-state index in [0.29, 0.717) is 17.5 Å². The Labute approximate surface area is 321 Å². The van der Waals surface area contributed by atoms with Crippen molar-refractivity contribution in [1.82, 2.24) is 15.0 Å². The second-order valence-corrected chi connectivity index (χ2v) is 14.0. The van der Waals surface area contributed by atoms with E-state index in [-0.39, 0.29) is 0 Å². The van der Waals surface area contributed by atoms with E-state index in [9.17, 15) is 0 Å². The molecule has 0 fully saturated rings. The SMILES string of the molecule is c1ccc(-c2cccc(-c3nc(-c4ccccc4)nc(-c4ccccc4-c4ccc5c(c4)-c4ccccc4C5(c4ccccc4)c4ccccc4)n3)c2)cc1. The van der Waals surface area contributed by atoms with Crippen molar-refractivity contribution in [3.05, 3.63) is 235 Å². The molecule has 3 nitrogen and oxygen atoms in total. The molecule has 9 aromatic rings. The quantitative estimate of drug-likeness (QED) is 0.166. The second kappa shape index (κ2) is 13.6. The fourth-order valence-corrected chi connectivity index (χ4v) is 8.36. The number of aromatic nitrogens is 3. The van der Waals surface area contributed by atoms with E-state index in [2.05, 4.69) is 188 Å². The first-order valence-electron chi connectivity index (χ1n) is 18.7. The zero-order valence-electron chi connectivity index (χ0n) is 30.0. The Balaban J connectivity index is 1.16. The highest BCUT2D eigenvalue weighted by Gasteiger charge is 2.46. The van der Waals surface area contributed by atoms with Gasteiger partial charge in [0.2, 0.25) is 0 Å². The number of benzene rings is 8. The minimum Gasteiger partial charge on any atom is -0.208 e. The van der Waals surface area contributed by atoms with Gasteiger partial charge in [0.1, 0.15) is 0 Å². The van der Waals surface area contributed by atoms with Crippen LogP contribution in [0.1, 0.15) is 22.3 Å². The van der Waals surface area contributed by atoms with E-state index in [1.807, 2.05) is 24.3 Å². The van der Waals surface area contributed by atoms with Gasteiger partial charge in [-0.15, -0.1) is 0 Å². The predicted octanol–water partition coefficient (Wildman–Crippen LogP) is 12.6. The third-order valence-electron chi connectivity index (χ3n) is 10.8. The summed E-state index contributed by atoms with van der Waals surface area (Å²) < 4.78 is 0. The molecule has 1 aliphatic rings. The van der Waals surface area contributed by atoms with Crippen LogP contribution < -0.4 is 0 Å². The Morgan fingerprint density at radius 2 is 0.727 bits per heavy atom. The van der Waals surface area contributed by atoms with Gasteiger partial charge in [0.05, 0.1) is 5.41 Å². The maximum Gasteiger partial charge on any atom is 0.164 e. The molecule has 258 valence electrons. The normalized spacial score (nSPS) is 12.5. The Bertz CT molecular complexity index is 2760. The number of fused-ring (bicyclic) bond motifs is 3. The minimum atomic E-state index is -0.450. The summed E-state index contributed by atoms with van der Waals surface area (Å²) in [6, 6.07) is 75.2. The monoisotopic (exact) mass is 701 g/mol. The van der Waals surface area contributed by atoms with Gasteiger partial charge in [0, 0.05) is 16.7 Å². The molecule has 0 aliphatic heterocycles. The highest BCUT2D eigenvalue weighted by Crippen LogP contribution is 2.56. The molecule has 0 atom stereocenters. The summed E-state index contributed by atoms with van der Waals surface area (Å²) in [6.07, 6.45) is 0. The lowest BCUT2D eigenvalue weighted by molar-refractivity contribution is 0.768. The van der Waals surface area contributed by atoms with Gasteiger partial charge in [-0.25, -0.2) is 15.0 Å². The predicted molar refractivity (Wildman–Crippen MR) is 224 cm³/mol. The second-order valence-electron chi connectivity index (χ2n) is 14.0. The Hall–Kier alpha value is -7.23. The van der Waals surface area contributed by atoms with Crippen molar-refractivity contribution < 1.29 is 0 Å². The van der Waals surface area contributed by atoms with Gasteiger partial charge in [0.25, 0.3) is 0 Å². The van der Waals surface area contributed by atoms with Crippen LogP contribution in [0, 0.1) is 0 Å². The molecular weight excluding hydrogens is 667 g/mol. The van der Waals surface area contributed by atoms with Crippen LogP contribution in [0.15, 0.2) is 212 Å². The molecule has 0 N–H and O–H groups in total. The number of rotatable bonds is 7. The summed E-state index contributed by atoms with van der Waals surface area (Å²) in [5.41, 5.74) is 14.4. The summed E-state index contributed by atoms with van der Waals surface area (Å²) >= 11 is 0. The number of hydrogen-bond donors (Lipinski definition) is 0. The average molecular weight is 702 g/mol. The molecule has 0 bridgehead atoms. The smallest absolute Gasteiger partial charge is 0.164 e. The van der Waals surface area contributed by atoms with Gasteiger partial charge in [-0.05, 0) is 67.8 Å². The van der Waals surface area contributed by atoms with Crippen LogP contribution in [-0.4, -0.2) is 15.0 Å². The van der Waals surface area contributed by atoms with Crippen LogP contribution in [0.4, 0.5) is 0 Å². The summed E-state index contributed by atoms with van der Waals surface area (Å²) in [6.45, 7) is 0. The summed E-state index contributed by atoms with van der Waals surface area (Å²) in [5.74, 6) is 1.90. The zero-order valence-corrected chi connectivity index (χ0v) is 30.0. The van der Waals surface area contributed by atoms with Gasteiger partial charge < -0.3 is 0 Å². The highest BCUT2D eigenvalue weighted by atomic mass is 15.0. The van der Waals surface area contributed by atoms with Crippen molar-refractivity contribution in [2.45, 2.75) is 5.41 Å². The topological polar surface area (TPSA) is 38.7 Å². The Kier molecular flexibility index (Phi) is 8.04. The van der Waals surface area contributed by atoms with Crippen LogP contribution in [0.2, 0.25) is 0 Å². The van der Waals surface area contributed by atoms with Crippen LogP contribution >= 0.6 is 0 Å². The first kappa shape index (κ1) is 32.4. The summed E-state index contributed by atoms with van der Waals surface area (Å²) in [5, 5.41) is 0. The van der Waals surface area contributed by atoms with Crippen molar-refractivity contribution in [3.8, 4) is 67.5 Å². The van der Waals surface area contributed by atoms with Crippen molar-refractivity contribution in [3.63, 3.8) is 0 Å².